The molecule has 3 rings (SSSR count). The van der Waals surface area contributed by atoms with Crippen LogP contribution < -0.4 is 5.32 Å². The van der Waals surface area contributed by atoms with Gasteiger partial charge in [0, 0.05) is 29.7 Å². The SMILES string of the molecule is Cc1ccc(S(=O)(=O)N(C)CC(=O)N(Cc2ccc(Cl)cc2Cl)[C@@H](C)C(=O)NC2CCCC2)cc1. The lowest BCUT2D eigenvalue weighted by Gasteiger charge is -2.31. The Morgan fingerprint density at radius 3 is 2.31 bits per heavy atom. The molecular weight excluding hydrogens is 509 g/mol. The summed E-state index contributed by atoms with van der Waals surface area (Å²) in [5, 5.41) is 3.83. The van der Waals surface area contributed by atoms with E-state index in [9.17, 15) is 18.0 Å². The Morgan fingerprint density at radius 2 is 1.71 bits per heavy atom. The van der Waals surface area contributed by atoms with Crippen LogP contribution in [0.1, 0.15) is 43.7 Å². The summed E-state index contributed by atoms with van der Waals surface area (Å²) in [4.78, 5) is 27.9. The number of amides is 2. The van der Waals surface area contributed by atoms with Crippen LogP contribution in [-0.4, -0.2) is 55.1 Å². The molecule has 0 spiro atoms. The maximum Gasteiger partial charge on any atom is 0.243 e. The lowest BCUT2D eigenvalue weighted by Crippen LogP contribution is -2.52. The number of hydrogen-bond acceptors (Lipinski definition) is 4. The molecular formula is C25H31Cl2N3O4S. The molecule has 1 fully saturated rings. The van der Waals surface area contributed by atoms with Gasteiger partial charge in [-0.15, -0.1) is 0 Å². The second-order valence-electron chi connectivity index (χ2n) is 9.00. The van der Waals surface area contributed by atoms with E-state index in [1.54, 1.807) is 37.3 Å². The highest BCUT2D eigenvalue weighted by atomic mass is 35.5. The fourth-order valence-electron chi connectivity index (χ4n) is 4.06. The predicted octanol–water partition coefficient (Wildman–Crippen LogP) is 4.40. The van der Waals surface area contributed by atoms with Crippen molar-refractivity contribution >= 4 is 45.0 Å². The van der Waals surface area contributed by atoms with E-state index in [-0.39, 0.29) is 23.4 Å². The summed E-state index contributed by atoms with van der Waals surface area (Å²) < 4.78 is 27.0. The number of hydrogen-bond donors (Lipinski definition) is 1. The Labute approximate surface area is 217 Å². The number of rotatable bonds is 9. The van der Waals surface area contributed by atoms with Gasteiger partial charge in [-0.05, 0) is 56.5 Å². The Hall–Kier alpha value is -2.13. The normalized spacial score (nSPS) is 15.3. The average molecular weight is 541 g/mol. The summed E-state index contributed by atoms with van der Waals surface area (Å²) in [6.07, 6.45) is 3.94. The molecule has 1 aliphatic carbocycles. The number of sulfonamides is 1. The van der Waals surface area contributed by atoms with Crippen molar-refractivity contribution < 1.29 is 18.0 Å². The van der Waals surface area contributed by atoms with Gasteiger partial charge in [-0.25, -0.2) is 8.42 Å². The van der Waals surface area contributed by atoms with Crippen molar-refractivity contribution in [3.05, 3.63) is 63.6 Å². The summed E-state index contributed by atoms with van der Waals surface area (Å²) in [6.45, 7) is 3.11. The van der Waals surface area contributed by atoms with Gasteiger partial charge >= 0.3 is 0 Å². The van der Waals surface area contributed by atoms with Crippen LogP contribution in [0.2, 0.25) is 10.0 Å². The van der Waals surface area contributed by atoms with E-state index >= 15 is 0 Å². The van der Waals surface area contributed by atoms with Gasteiger partial charge in [-0.2, -0.15) is 4.31 Å². The number of nitrogens with one attached hydrogen (secondary N) is 1. The van der Waals surface area contributed by atoms with Gasteiger partial charge < -0.3 is 10.2 Å². The molecule has 1 aliphatic rings. The van der Waals surface area contributed by atoms with E-state index in [2.05, 4.69) is 5.32 Å². The van der Waals surface area contributed by atoms with Gasteiger partial charge in [-0.1, -0.05) is 59.8 Å². The number of halogens is 2. The number of likely N-dealkylation sites (N-methyl/N-ethyl adjacent to an activating group) is 1. The Kier molecular flexibility index (Phi) is 9.21. The van der Waals surface area contributed by atoms with Crippen LogP contribution in [0.3, 0.4) is 0 Å². The molecule has 1 saturated carbocycles. The minimum Gasteiger partial charge on any atom is -0.352 e. The van der Waals surface area contributed by atoms with Gasteiger partial charge in [0.25, 0.3) is 0 Å². The molecule has 7 nitrogen and oxygen atoms in total. The van der Waals surface area contributed by atoms with Gasteiger partial charge in [0.1, 0.15) is 6.04 Å². The van der Waals surface area contributed by atoms with Crippen molar-refractivity contribution in [1.82, 2.24) is 14.5 Å². The minimum absolute atomic E-state index is 0.0342. The third-order valence-corrected chi connectivity index (χ3v) is 8.72. The van der Waals surface area contributed by atoms with Crippen LogP contribution >= 0.6 is 23.2 Å². The molecule has 190 valence electrons. The average Bonchev–Trinajstić information content (AvgIpc) is 3.31. The molecule has 0 aromatic heterocycles. The van der Waals surface area contributed by atoms with E-state index in [4.69, 9.17) is 23.2 Å². The maximum absolute atomic E-state index is 13.4. The molecule has 1 atom stereocenters. The first kappa shape index (κ1) is 27.5. The van der Waals surface area contributed by atoms with Crippen molar-refractivity contribution in [1.29, 1.82) is 0 Å². The van der Waals surface area contributed by atoms with Gasteiger partial charge in [0.2, 0.25) is 21.8 Å². The Morgan fingerprint density at radius 1 is 1.09 bits per heavy atom. The van der Waals surface area contributed by atoms with Crippen LogP contribution in [0.15, 0.2) is 47.4 Å². The van der Waals surface area contributed by atoms with Crippen molar-refractivity contribution in [2.24, 2.45) is 0 Å². The van der Waals surface area contributed by atoms with E-state index in [0.717, 1.165) is 35.6 Å². The van der Waals surface area contributed by atoms with E-state index in [1.165, 1.54) is 24.1 Å². The predicted molar refractivity (Wildman–Crippen MR) is 138 cm³/mol. The van der Waals surface area contributed by atoms with Gasteiger partial charge in [0.05, 0.1) is 11.4 Å². The minimum atomic E-state index is -3.89. The lowest BCUT2D eigenvalue weighted by molar-refractivity contribution is -0.140. The number of carbonyl (C=O) groups excluding carboxylic acids is 2. The molecule has 2 aromatic carbocycles. The smallest absolute Gasteiger partial charge is 0.243 e. The summed E-state index contributed by atoms with van der Waals surface area (Å²) in [5.41, 5.74) is 1.53. The monoisotopic (exact) mass is 539 g/mol. The fraction of sp³-hybridized carbons (Fsp3) is 0.440. The molecule has 0 saturated heterocycles. The first-order valence-electron chi connectivity index (χ1n) is 11.6. The number of benzene rings is 2. The van der Waals surface area contributed by atoms with E-state index in [1.807, 2.05) is 6.92 Å². The van der Waals surface area contributed by atoms with Crippen LogP contribution in [0, 0.1) is 6.92 Å². The van der Waals surface area contributed by atoms with Crippen molar-refractivity contribution in [2.75, 3.05) is 13.6 Å². The molecule has 2 aromatic rings. The van der Waals surface area contributed by atoms with Crippen LogP contribution in [0.5, 0.6) is 0 Å². The van der Waals surface area contributed by atoms with E-state index in [0.29, 0.717) is 15.6 Å². The number of nitrogens with zero attached hydrogens (tertiary/aromatic N) is 2. The summed E-state index contributed by atoms with van der Waals surface area (Å²) in [6, 6.07) is 10.6. The molecule has 1 N–H and O–H groups in total. The highest BCUT2D eigenvalue weighted by Crippen LogP contribution is 2.24. The standard InChI is InChI=1S/C25H31Cl2N3O4S/c1-17-8-12-22(13-9-17)35(33,34)29(3)16-24(31)30(15-19-10-11-20(26)14-23(19)27)18(2)25(32)28-21-6-4-5-7-21/h8-14,18,21H,4-7,15-16H2,1-3H3,(H,28,32)/t18-/m0/s1. The summed E-state index contributed by atoms with van der Waals surface area (Å²) in [5.74, 6) is -0.789. The van der Waals surface area contributed by atoms with Gasteiger partial charge in [0.15, 0.2) is 0 Å². The largest absolute Gasteiger partial charge is 0.352 e. The second-order valence-corrected chi connectivity index (χ2v) is 11.9. The molecule has 0 bridgehead atoms. The topological polar surface area (TPSA) is 86.8 Å². The second kappa shape index (κ2) is 11.7. The Bertz CT molecular complexity index is 1170. The fourth-order valence-corrected chi connectivity index (χ4v) is 5.65. The summed E-state index contributed by atoms with van der Waals surface area (Å²) in [7, 11) is -2.54. The molecule has 0 aliphatic heterocycles. The lowest BCUT2D eigenvalue weighted by atomic mass is 10.1. The Balaban J connectivity index is 1.82. The molecule has 0 heterocycles. The van der Waals surface area contributed by atoms with Crippen LogP contribution in [0.25, 0.3) is 0 Å². The highest BCUT2D eigenvalue weighted by Gasteiger charge is 2.31. The zero-order valence-electron chi connectivity index (χ0n) is 20.1. The van der Waals surface area contributed by atoms with Crippen LogP contribution in [0.4, 0.5) is 0 Å². The molecule has 0 unspecified atom stereocenters. The zero-order valence-corrected chi connectivity index (χ0v) is 22.5. The highest BCUT2D eigenvalue weighted by molar-refractivity contribution is 7.89. The third kappa shape index (κ3) is 6.97. The van der Waals surface area contributed by atoms with Crippen molar-refractivity contribution in [2.45, 2.75) is 63.1 Å². The number of carbonyl (C=O) groups is 2. The third-order valence-electron chi connectivity index (χ3n) is 6.31. The molecule has 35 heavy (non-hydrogen) atoms. The number of aryl methyl sites for hydroxylation is 1. The van der Waals surface area contributed by atoms with Crippen LogP contribution in [-0.2, 0) is 26.2 Å². The van der Waals surface area contributed by atoms with Crippen molar-refractivity contribution in [3.8, 4) is 0 Å². The zero-order chi connectivity index (χ0) is 25.8. The first-order valence-corrected chi connectivity index (χ1v) is 13.8. The molecule has 10 heteroatoms. The van der Waals surface area contributed by atoms with E-state index < -0.39 is 28.5 Å². The quantitative estimate of drug-likeness (QED) is 0.511. The van der Waals surface area contributed by atoms with Crippen molar-refractivity contribution in [3.63, 3.8) is 0 Å². The first-order chi connectivity index (χ1) is 16.5. The maximum atomic E-state index is 13.4. The molecule has 0 radical (unpaired) electrons. The summed E-state index contributed by atoms with van der Waals surface area (Å²) >= 11 is 12.4. The molecule has 2 amide bonds. The van der Waals surface area contributed by atoms with Gasteiger partial charge in [-0.3, -0.25) is 9.59 Å².